The molecular weight excluding hydrogens is 320 g/mol. The second-order valence-corrected chi connectivity index (χ2v) is 6.13. The molecule has 0 aliphatic carbocycles. The topological polar surface area (TPSA) is 41.6 Å². The van der Waals surface area contributed by atoms with Crippen LogP contribution in [-0.2, 0) is 6.61 Å². The first-order chi connectivity index (χ1) is 10.2. The summed E-state index contributed by atoms with van der Waals surface area (Å²) in [6, 6.07) is 9.95. The molecule has 0 fully saturated rings. The fourth-order valence-electron chi connectivity index (χ4n) is 2.37. The molecule has 1 aromatic carbocycles. The number of thiophene rings is 1. The summed E-state index contributed by atoms with van der Waals surface area (Å²) in [4.78, 5) is 16.1. The lowest BCUT2D eigenvalue weighted by Gasteiger charge is -2.16. The number of ether oxygens (including phenoxy) is 1. The molecule has 0 bridgehead atoms. The van der Waals surface area contributed by atoms with Crippen LogP contribution in [0, 0.1) is 0 Å². The Hall–Kier alpha value is -1.56. The maximum Gasteiger partial charge on any atom is 0.263 e. The Morgan fingerprint density at radius 3 is 2.95 bits per heavy atom. The summed E-state index contributed by atoms with van der Waals surface area (Å²) in [6.45, 7) is 2.03. The van der Waals surface area contributed by atoms with Crippen molar-refractivity contribution in [2.45, 2.75) is 6.61 Å². The Morgan fingerprint density at radius 2 is 2.18 bits per heavy atom. The third-order valence-electron chi connectivity index (χ3n) is 3.58. The highest BCUT2D eigenvalue weighted by Gasteiger charge is 2.23. The van der Waals surface area contributed by atoms with Crippen LogP contribution in [0.2, 0.25) is 0 Å². The van der Waals surface area contributed by atoms with Gasteiger partial charge in [-0.3, -0.25) is 4.79 Å². The third-order valence-corrected chi connectivity index (χ3v) is 4.78. The molecule has 2 heterocycles. The minimum absolute atomic E-state index is 0. The Bertz CT molecular complexity index is 672. The average Bonchev–Trinajstić information content (AvgIpc) is 2.96. The molecule has 1 N–H and O–H groups in total. The summed E-state index contributed by atoms with van der Waals surface area (Å²) in [7, 11) is 3.72. The quantitative estimate of drug-likeness (QED) is 0.931. The molecule has 0 saturated carbocycles. The summed E-state index contributed by atoms with van der Waals surface area (Å²) in [6.07, 6.45) is 0. The summed E-state index contributed by atoms with van der Waals surface area (Å²) in [5.41, 5.74) is 2.18. The van der Waals surface area contributed by atoms with E-state index < -0.39 is 0 Å². The number of carbonyl (C=O) groups excluding carboxylic acids is 1. The summed E-state index contributed by atoms with van der Waals surface area (Å²) in [5.74, 6) is 0.969. The lowest BCUT2D eigenvalue weighted by Crippen LogP contribution is -2.32. The predicted molar refractivity (Wildman–Crippen MR) is 92.2 cm³/mol. The molecule has 0 spiro atoms. The highest BCUT2D eigenvalue weighted by molar-refractivity contribution is 7.17. The number of hydrogen-bond donors (Lipinski definition) is 1. The van der Waals surface area contributed by atoms with E-state index in [2.05, 4.69) is 5.32 Å². The molecule has 0 saturated heterocycles. The first kappa shape index (κ1) is 16.8. The first-order valence-electron chi connectivity index (χ1n) is 6.95. The van der Waals surface area contributed by atoms with Crippen molar-refractivity contribution in [3.8, 4) is 16.2 Å². The van der Waals surface area contributed by atoms with Crippen LogP contribution in [0.15, 0.2) is 30.3 Å². The minimum Gasteiger partial charge on any atom is -0.488 e. The number of benzene rings is 1. The number of nitrogens with one attached hydrogen (secondary N) is 1. The molecule has 3 rings (SSSR count). The van der Waals surface area contributed by atoms with Gasteiger partial charge in [0.25, 0.3) is 5.91 Å². The predicted octanol–water partition coefficient (Wildman–Crippen LogP) is 3.02. The number of fused-ring (bicyclic) bond motifs is 3. The van der Waals surface area contributed by atoms with E-state index in [1.807, 2.05) is 44.4 Å². The highest BCUT2D eigenvalue weighted by Crippen LogP contribution is 2.42. The Balaban J connectivity index is 0.00000176. The van der Waals surface area contributed by atoms with Crippen LogP contribution >= 0.6 is 23.7 Å². The Labute approximate surface area is 140 Å². The van der Waals surface area contributed by atoms with Gasteiger partial charge in [0, 0.05) is 36.1 Å². The molecule has 2 aromatic rings. The fourth-order valence-corrected chi connectivity index (χ4v) is 3.57. The standard InChI is InChI=1S/C16H18N2O2S.ClH/c1-17-7-8-18(2)16(19)14-9-11-10-20-13-6-4-3-5-12(13)15(11)21-14;/h3-6,9,17H,7-8,10H2,1-2H3;1H. The van der Waals surface area contributed by atoms with Gasteiger partial charge in [0.15, 0.2) is 0 Å². The van der Waals surface area contributed by atoms with Gasteiger partial charge in [-0.05, 0) is 25.2 Å². The molecule has 1 aliphatic heterocycles. The summed E-state index contributed by atoms with van der Waals surface area (Å²) >= 11 is 1.56. The van der Waals surface area contributed by atoms with E-state index in [0.717, 1.165) is 33.2 Å². The van der Waals surface area contributed by atoms with E-state index >= 15 is 0 Å². The number of halogens is 1. The number of carbonyl (C=O) groups is 1. The van der Waals surface area contributed by atoms with Crippen molar-refractivity contribution in [1.82, 2.24) is 10.2 Å². The van der Waals surface area contributed by atoms with Crippen molar-refractivity contribution in [2.75, 3.05) is 27.2 Å². The molecule has 1 aromatic heterocycles. The van der Waals surface area contributed by atoms with Crippen LogP contribution < -0.4 is 10.1 Å². The SMILES string of the molecule is CNCCN(C)C(=O)c1cc2c(s1)-c1ccccc1OC2.Cl. The van der Waals surface area contributed by atoms with Crippen molar-refractivity contribution < 1.29 is 9.53 Å². The zero-order chi connectivity index (χ0) is 14.8. The molecule has 0 atom stereocenters. The maximum absolute atomic E-state index is 12.4. The smallest absolute Gasteiger partial charge is 0.263 e. The van der Waals surface area contributed by atoms with E-state index in [-0.39, 0.29) is 18.3 Å². The molecular formula is C16H19ClN2O2S. The molecule has 1 amide bonds. The van der Waals surface area contributed by atoms with E-state index in [0.29, 0.717) is 13.2 Å². The van der Waals surface area contributed by atoms with Gasteiger partial charge in [-0.15, -0.1) is 23.7 Å². The molecule has 118 valence electrons. The van der Waals surface area contributed by atoms with E-state index in [1.165, 1.54) is 0 Å². The average molecular weight is 339 g/mol. The number of amides is 1. The molecule has 22 heavy (non-hydrogen) atoms. The molecule has 6 heteroatoms. The van der Waals surface area contributed by atoms with Gasteiger partial charge in [-0.2, -0.15) is 0 Å². The number of hydrogen-bond acceptors (Lipinski definition) is 4. The van der Waals surface area contributed by atoms with Crippen LogP contribution in [0.25, 0.3) is 10.4 Å². The molecule has 0 unspecified atom stereocenters. The van der Waals surface area contributed by atoms with Crippen LogP contribution in [0.3, 0.4) is 0 Å². The van der Waals surface area contributed by atoms with Crippen molar-refractivity contribution in [3.05, 3.63) is 40.8 Å². The number of rotatable bonds is 4. The normalized spacial score (nSPS) is 11.7. The minimum atomic E-state index is 0. The second kappa shape index (κ2) is 7.13. The van der Waals surface area contributed by atoms with Crippen molar-refractivity contribution >= 4 is 29.7 Å². The lowest BCUT2D eigenvalue weighted by molar-refractivity contribution is 0.0801. The summed E-state index contributed by atoms with van der Waals surface area (Å²) < 4.78 is 5.74. The van der Waals surface area contributed by atoms with E-state index in [1.54, 1.807) is 16.2 Å². The van der Waals surface area contributed by atoms with Gasteiger partial charge >= 0.3 is 0 Å². The summed E-state index contributed by atoms with van der Waals surface area (Å²) in [5, 5.41) is 3.06. The fraction of sp³-hybridized carbons (Fsp3) is 0.312. The molecule has 1 aliphatic rings. The highest BCUT2D eigenvalue weighted by atomic mass is 35.5. The zero-order valence-corrected chi connectivity index (χ0v) is 14.2. The van der Waals surface area contributed by atoms with Gasteiger partial charge in [-0.25, -0.2) is 0 Å². The van der Waals surface area contributed by atoms with Crippen molar-refractivity contribution in [2.24, 2.45) is 0 Å². The van der Waals surface area contributed by atoms with Gasteiger partial charge in [0.1, 0.15) is 12.4 Å². The number of likely N-dealkylation sites (N-methyl/N-ethyl adjacent to an activating group) is 2. The van der Waals surface area contributed by atoms with Gasteiger partial charge < -0.3 is 15.0 Å². The molecule has 4 nitrogen and oxygen atoms in total. The van der Waals surface area contributed by atoms with Crippen molar-refractivity contribution in [1.29, 1.82) is 0 Å². The maximum atomic E-state index is 12.4. The van der Waals surface area contributed by atoms with Gasteiger partial charge in [0.2, 0.25) is 0 Å². The number of para-hydroxylation sites is 1. The van der Waals surface area contributed by atoms with Crippen LogP contribution in [-0.4, -0.2) is 38.0 Å². The third kappa shape index (κ3) is 3.11. The Morgan fingerprint density at radius 1 is 1.41 bits per heavy atom. The lowest BCUT2D eigenvalue weighted by atomic mass is 10.1. The monoisotopic (exact) mass is 338 g/mol. The number of nitrogens with zero attached hydrogens (tertiary/aromatic N) is 1. The largest absolute Gasteiger partial charge is 0.488 e. The van der Waals surface area contributed by atoms with E-state index in [9.17, 15) is 4.79 Å². The van der Waals surface area contributed by atoms with Crippen molar-refractivity contribution in [3.63, 3.8) is 0 Å². The molecule has 0 radical (unpaired) electrons. The Kier molecular flexibility index (Phi) is 5.45. The second-order valence-electron chi connectivity index (χ2n) is 5.08. The zero-order valence-electron chi connectivity index (χ0n) is 12.6. The van der Waals surface area contributed by atoms with Crippen LogP contribution in [0.4, 0.5) is 0 Å². The van der Waals surface area contributed by atoms with Crippen LogP contribution in [0.1, 0.15) is 15.2 Å². The first-order valence-corrected chi connectivity index (χ1v) is 7.77. The van der Waals surface area contributed by atoms with Gasteiger partial charge in [0.05, 0.1) is 4.88 Å². The van der Waals surface area contributed by atoms with Gasteiger partial charge in [-0.1, -0.05) is 12.1 Å². The van der Waals surface area contributed by atoms with Crippen LogP contribution in [0.5, 0.6) is 5.75 Å². The van der Waals surface area contributed by atoms with E-state index in [4.69, 9.17) is 4.74 Å².